The van der Waals surface area contributed by atoms with Crippen LogP contribution in [0.2, 0.25) is 0 Å². The summed E-state index contributed by atoms with van der Waals surface area (Å²) in [5, 5.41) is 23.3. The van der Waals surface area contributed by atoms with Crippen LogP contribution in [-0.2, 0) is 14.3 Å². The van der Waals surface area contributed by atoms with Crippen LogP contribution in [0.5, 0.6) is 0 Å². The summed E-state index contributed by atoms with van der Waals surface area (Å²) in [5.74, 6) is -0.0119. The number of ether oxygens (including phenoxy) is 1. The fraction of sp³-hybridized carbons (Fsp3) is 0.969. The topological polar surface area (TPSA) is 95.9 Å². The quantitative estimate of drug-likeness (QED) is 0.0417. The Balaban J connectivity index is 3.33. The molecule has 0 fully saturated rings. The van der Waals surface area contributed by atoms with Gasteiger partial charge in [0.15, 0.2) is 0 Å². The van der Waals surface area contributed by atoms with Gasteiger partial charge in [0.05, 0.1) is 25.4 Å². The Hall–Kier alpha value is -1.14. The number of aliphatic hydroxyl groups excluding tert-OH is 2. The van der Waals surface area contributed by atoms with Gasteiger partial charge in [0.1, 0.15) is 0 Å². The summed E-state index contributed by atoms with van der Waals surface area (Å²) >= 11 is 0. The van der Waals surface area contributed by atoms with Crippen molar-refractivity contribution in [1.29, 1.82) is 0 Å². The van der Waals surface area contributed by atoms with Gasteiger partial charge in [-0.15, -0.1) is 0 Å². The molecule has 0 aliphatic heterocycles. The smallest absolute Gasteiger partial charge is 0.305 e. The van der Waals surface area contributed by atoms with Crippen molar-refractivity contribution in [3.05, 3.63) is 0 Å². The highest BCUT2D eigenvalue weighted by molar-refractivity contribution is 5.76. The predicted molar refractivity (Wildman–Crippen MR) is 310 cm³/mol. The molecular weight excluding hydrogens is 875 g/mol. The number of hydrogen-bond acceptors (Lipinski definition) is 5. The fourth-order valence-corrected chi connectivity index (χ4v) is 10.6. The molecule has 0 aliphatic carbocycles. The van der Waals surface area contributed by atoms with E-state index < -0.39 is 12.1 Å². The number of nitrogens with one attached hydrogen (secondary N) is 1. The SMILES string of the molecule is CCCCCCCCCCCCCCCCCCCC(=O)OCCCCCCCCCCCCCCCCCCCCCCCCCC(=O)NC(CO)C(O)CCCCCCCCCCCCCCCC. The maximum absolute atomic E-state index is 12.5. The number of carbonyl (C=O) groups excluding carboxylic acids is 2. The van der Waals surface area contributed by atoms with Crippen LogP contribution in [0, 0.1) is 0 Å². The second kappa shape index (κ2) is 61.4. The van der Waals surface area contributed by atoms with Crippen LogP contribution >= 0.6 is 0 Å². The molecule has 0 heterocycles. The van der Waals surface area contributed by atoms with Crippen molar-refractivity contribution in [1.82, 2.24) is 5.32 Å². The highest BCUT2D eigenvalue weighted by Crippen LogP contribution is 2.19. The zero-order valence-electron chi connectivity index (χ0n) is 48.5. The first-order chi connectivity index (χ1) is 35.0. The van der Waals surface area contributed by atoms with Gasteiger partial charge in [-0.3, -0.25) is 9.59 Å². The van der Waals surface area contributed by atoms with Crippen LogP contribution in [0.25, 0.3) is 0 Å². The van der Waals surface area contributed by atoms with Crippen LogP contribution in [0.4, 0.5) is 0 Å². The van der Waals surface area contributed by atoms with Gasteiger partial charge in [0, 0.05) is 12.8 Å². The van der Waals surface area contributed by atoms with Crippen molar-refractivity contribution in [2.24, 2.45) is 0 Å². The van der Waals surface area contributed by atoms with Gasteiger partial charge < -0.3 is 20.3 Å². The molecule has 0 saturated carbocycles. The lowest BCUT2D eigenvalue weighted by Gasteiger charge is -2.22. The second-order valence-corrected chi connectivity index (χ2v) is 22.8. The summed E-state index contributed by atoms with van der Waals surface area (Å²) < 4.78 is 5.50. The van der Waals surface area contributed by atoms with Crippen molar-refractivity contribution < 1.29 is 24.5 Å². The molecular formula is C65H129NO5. The Bertz CT molecular complexity index is 1020. The average molecular weight is 1000 g/mol. The summed E-state index contributed by atoms with van der Waals surface area (Å²) in [7, 11) is 0. The molecule has 0 saturated heterocycles. The second-order valence-electron chi connectivity index (χ2n) is 22.8. The molecule has 0 bridgehead atoms. The first-order valence-electron chi connectivity index (χ1n) is 32.8. The molecule has 2 atom stereocenters. The Labute approximate surface area is 445 Å². The molecule has 0 aliphatic rings. The number of carbonyl (C=O) groups is 2. The highest BCUT2D eigenvalue weighted by Gasteiger charge is 2.20. The van der Waals surface area contributed by atoms with Gasteiger partial charge in [0.2, 0.25) is 5.91 Å². The molecule has 6 nitrogen and oxygen atoms in total. The predicted octanol–water partition coefficient (Wildman–Crippen LogP) is 20.6. The van der Waals surface area contributed by atoms with Crippen LogP contribution < -0.4 is 5.32 Å². The number of aliphatic hydroxyl groups is 2. The Morgan fingerprint density at radius 1 is 0.338 bits per heavy atom. The minimum atomic E-state index is -0.662. The number of amides is 1. The summed E-state index contributed by atoms with van der Waals surface area (Å²) in [4.78, 5) is 24.6. The Kier molecular flexibility index (Phi) is 60.4. The first-order valence-corrected chi connectivity index (χ1v) is 32.8. The van der Waals surface area contributed by atoms with Gasteiger partial charge in [-0.25, -0.2) is 0 Å². The normalized spacial score (nSPS) is 12.5. The molecule has 0 aromatic heterocycles. The van der Waals surface area contributed by atoms with Crippen LogP contribution in [0.1, 0.15) is 380 Å². The summed E-state index contributed by atoms with van der Waals surface area (Å²) in [6.07, 6.45) is 72.7. The van der Waals surface area contributed by atoms with E-state index in [2.05, 4.69) is 19.2 Å². The largest absolute Gasteiger partial charge is 0.466 e. The first kappa shape index (κ1) is 69.9. The molecule has 3 N–H and O–H groups in total. The van der Waals surface area contributed by atoms with E-state index in [0.717, 1.165) is 38.5 Å². The number of rotatable bonds is 62. The summed E-state index contributed by atoms with van der Waals surface area (Å²) in [5.41, 5.74) is 0. The minimum absolute atomic E-state index is 0.0195. The van der Waals surface area contributed by atoms with E-state index in [1.165, 1.54) is 308 Å². The lowest BCUT2D eigenvalue weighted by molar-refractivity contribution is -0.143. The third-order valence-corrected chi connectivity index (χ3v) is 15.7. The Morgan fingerprint density at radius 3 is 0.859 bits per heavy atom. The molecule has 6 heteroatoms. The minimum Gasteiger partial charge on any atom is -0.466 e. The number of esters is 1. The van der Waals surface area contributed by atoms with Gasteiger partial charge in [-0.2, -0.15) is 0 Å². The van der Waals surface area contributed by atoms with Gasteiger partial charge >= 0.3 is 5.97 Å². The van der Waals surface area contributed by atoms with Crippen molar-refractivity contribution >= 4 is 11.9 Å². The maximum Gasteiger partial charge on any atom is 0.305 e. The molecule has 2 unspecified atom stereocenters. The van der Waals surface area contributed by atoms with Gasteiger partial charge in [0.25, 0.3) is 0 Å². The third kappa shape index (κ3) is 58.0. The summed E-state index contributed by atoms with van der Waals surface area (Å²) in [6.45, 7) is 4.99. The van der Waals surface area contributed by atoms with Crippen molar-refractivity contribution in [3.8, 4) is 0 Å². The molecule has 0 rings (SSSR count). The number of hydrogen-bond donors (Lipinski definition) is 3. The zero-order valence-corrected chi connectivity index (χ0v) is 48.5. The zero-order chi connectivity index (χ0) is 51.4. The molecule has 71 heavy (non-hydrogen) atoms. The van der Waals surface area contributed by atoms with Crippen molar-refractivity contribution in [2.75, 3.05) is 13.2 Å². The molecule has 0 aromatic rings. The van der Waals surface area contributed by atoms with Crippen LogP contribution in [0.3, 0.4) is 0 Å². The molecule has 1 amide bonds. The van der Waals surface area contributed by atoms with Crippen molar-refractivity contribution in [3.63, 3.8) is 0 Å². The van der Waals surface area contributed by atoms with Crippen molar-refractivity contribution in [2.45, 2.75) is 392 Å². The monoisotopic (exact) mass is 1000 g/mol. The fourth-order valence-electron chi connectivity index (χ4n) is 10.6. The number of unbranched alkanes of at least 4 members (excludes halogenated alkanes) is 51. The van der Waals surface area contributed by atoms with Gasteiger partial charge in [-0.1, -0.05) is 341 Å². The molecule has 0 aromatic carbocycles. The van der Waals surface area contributed by atoms with E-state index in [-0.39, 0.29) is 18.5 Å². The van der Waals surface area contributed by atoms with E-state index in [1.807, 2.05) is 0 Å². The van der Waals surface area contributed by atoms with E-state index in [0.29, 0.717) is 25.9 Å². The van der Waals surface area contributed by atoms with E-state index in [4.69, 9.17) is 4.74 Å². The van der Waals surface area contributed by atoms with Crippen LogP contribution in [-0.4, -0.2) is 47.4 Å². The van der Waals surface area contributed by atoms with E-state index in [9.17, 15) is 19.8 Å². The lowest BCUT2D eigenvalue weighted by Crippen LogP contribution is -2.45. The van der Waals surface area contributed by atoms with E-state index >= 15 is 0 Å². The van der Waals surface area contributed by atoms with Gasteiger partial charge in [-0.05, 0) is 25.7 Å². The standard InChI is InChI=1S/C65H129NO5/c1-3-5-7-9-11-13-15-17-19-27-31-35-39-43-47-51-55-59-65(70)71-60-56-52-48-44-40-36-32-29-26-24-22-20-21-23-25-28-30-34-38-42-46-50-54-58-64(69)66-62(61-67)63(68)57-53-49-45-41-37-33-18-16-14-12-10-8-6-4-2/h62-63,67-68H,3-61H2,1-2H3,(H,66,69). The van der Waals surface area contributed by atoms with E-state index in [1.54, 1.807) is 0 Å². The lowest BCUT2D eigenvalue weighted by atomic mass is 10.0. The molecule has 424 valence electrons. The van der Waals surface area contributed by atoms with Crippen LogP contribution in [0.15, 0.2) is 0 Å². The molecule has 0 spiro atoms. The highest BCUT2D eigenvalue weighted by atomic mass is 16.5. The molecule has 0 radical (unpaired) electrons. The third-order valence-electron chi connectivity index (χ3n) is 15.7. The maximum atomic E-state index is 12.5. The Morgan fingerprint density at radius 2 is 0.577 bits per heavy atom. The summed E-state index contributed by atoms with van der Waals surface area (Å²) in [6, 6.07) is -0.539. The average Bonchev–Trinajstić information content (AvgIpc) is 3.37.